The van der Waals surface area contributed by atoms with Crippen LogP contribution in [0.3, 0.4) is 0 Å². The van der Waals surface area contributed by atoms with Crippen molar-refractivity contribution in [3.63, 3.8) is 0 Å². The molecule has 1 atom stereocenters. The Morgan fingerprint density at radius 1 is 1.45 bits per heavy atom. The van der Waals surface area contributed by atoms with Crippen LogP contribution in [0.4, 0.5) is 13.2 Å². The Hall–Kier alpha value is -1.01. The Morgan fingerprint density at radius 3 is 2.60 bits per heavy atom. The highest BCUT2D eigenvalue weighted by Crippen LogP contribution is 2.35. The van der Waals surface area contributed by atoms with Gasteiger partial charge in [0.2, 0.25) is 0 Å². The summed E-state index contributed by atoms with van der Waals surface area (Å²) in [5.74, 6) is 0.216. The van der Waals surface area contributed by atoms with E-state index < -0.39 is 11.7 Å². The number of ketones is 1. The quantitative estimate of drug-likeness (QED) is 0.665. The zero-order chi connectivity index (χ0) is 14.9. The molecule has 2 rings (SSSR count). The molecule has 0 spiro atoms. The lowest BCUT2D eigenvalue weighted by atomic mass is 10.00. The third kappa shape index (κ3) is 3.55. The predicted molar refractivity (Wildman–Crippen MR) is 72.9 cm³/mol. The number of Topliss-reactive ketones (excluding diaryl/α,β-unsaturated/α-hetero) is 1. The van der Waals surface area contributed by atoms with Gasteiger partial charge in [-0.05, 0) is 43.2 Å². The first-order chi connectivity index (χ1) is 9.32. The van der Waals surface area contributed by atoms with Crippen LogP contribution >= 0.6 is 11.8 Å². The highest BCUT2D eigenvalue weighted by molar-refractivity contribution is 7.98. The van der Waals surface area contributed by atoms with Gasteiger partial charge < -0.3 is 5.73 Å². The molecule has 1 aromatic rings. The highest BCUT2D eigenvalue weighted by Gasteiger charge is 2.33. The molecule has 1 aliphatic carbocycles. The minimum absolute atomic E-state index is 0.178. The average Bonchev–Trinajstić information content (AvgIpc) is 3.20. The number of nitrogens with two attached hydrogens (primary N) is 1. The molecule has 6 heteroatoms. The molecule has 2 N–H and O–H groups in total. The summed E-state index contributed by atoms with van der Waals surface area (Å²) in [5.41, 5.74) is 5.50. The Balaban J connectivity index is 2.20. The van der Waals surface area contributed by atoms with E-state index in [1.807, 2.05) is 0 Å². The van der Waals surface area contributed by atoms with Gasteiger partial charge >= 0.3 is 6.18 Å². The van der Waals surface area contributed by atoms with Crippen molar-refractivity contribution >= 4 is 17.5 Å². The maximum Gasteiger partial charge on any atom is 0.416 e. The Morgan fingerprint density at radius 2 is 2.10 bits per heavy atom. The van der Waals surface area contributed by atoms with E-state index in [1.165, 1.54) is 6.07 Å². The second-order valence-corrected chi connectivity index (χ2v) is 5.89. The van der Waals surface area contributed by atoms with Crippen molar-refractivity contribution in [3.8, 4) is 0 Å². The Labute approximate surface area is 119 Å². The largest absolute Gasteiger partial charge is 0.416 e. The molecule has 0 amide bonds. The number of hydrogen-bond donors (Lipinski definition) is 1. The molecule has 20 heavy (non-hydrogen) atoms. The summed E-state index contributed by atoms with van der Waals surface area (Å²) in [6.07, 6.45) is -0.458. The van der Waals surface area contributed by atoms with Crippen molar-refractivity contribution in [1.29, 1.82) is 0 Å². The second kappa shape index (κ2) is 5.77. The highest BCUT2D eigenvalue weighted by atomic mass is 32.2. The van der Waals surface area contributed by atoms with Gasteiger partial charge in [-0.25, -0.2) is 0 Å². The molecule has 110 valence electrons. The lowest BCUT2D eigenvalue weighted by Crippen LogP contribution is -2.26. The summed E-state index contributed by atoms with van der Waals surface area (Å²) < 4.78 is 37.9. The topological polar surface area (TPSA) is 43.1 Å². The minimum Gasteiger partial charge on any atom is -0.327 e. The Bertz CT molecular complexity index is 512. The van der Waals surface area contributed by atoms with Gasteiger partial charge in [-0.2, -0.15) is 13.2 Å². The van der Waals surface area contributed by atoms with Crippen molar-refractivity contribution < 1.29 is 18.0 Å². The monoisotopic (exact) mass is 303 g/mol. The van der Waals surface area contributed by atoms with Crippen LogP contribution in [0.5, 0.6) is 0 Å². The van der Waals surface area contributed by atoms with Gasteiger partial charge in [0.15, 0.2) is 5.78 Å². The van der Waals surface area contributed by atoms with Crippen LogP contribution in [-0.2, 0) is 6.18 Å². The van der Waals surface area contributed by atoms with E-state index in [2.05, 4.69) is 0 Å². The first kappa shape index (κ1) is 15.4. The first-order valence-electron chi connectivity index (χ1n) is 6.37. The number of carbonyl (C=O) groups is 1. The molecule has 1 fully saturated rings. The zero-order valence-corrected chi connectivity index (χ0v) is 11.9. The predicted octanol–water partition coefficient (Wildman–Crippen LogP) is 3.74. The minimum atomic E-state index is -4.39. The third-order valence-electron chi connectivity index (χ3n) is 3.48. The molecule has 0 aromatic heterocycles. The van der Waals surface area contributed by atoms with Gasteiger partial charge in [0.05, 0.1) is 5.56 Å². The molecule has 1 unspecified atom stereocenters. The molecule has 0 aliphatic heterocycles. The number of thioether (sulfide) groups is 1. The standard InChI is InChI=1S/C14H16F3NOS/c1-20-13-6-9(14(15,16)17)4-5-10(13)12(19)7-11(18)8-2-3-8/h4-6,8,11H,2-3,7,18H2,1H3. The van der Waals surface area contributed by atoms with E-state index in [9.17, 15) is 18.0 Å². The fourth-order valence-corrected chi connectivity index (χ4v) is 2.76. The number of halogens is 3. The number of rotatable bonds is 5. The third-order valence-corrected chi connectivity index (χ3v) is 4.26. The van der Waals surface area contributed by atoms with Crippen molar-refractivity contribution in [1.82, 2.24) is 0 Å². The lowest BCUT2D eigenvalue weighted by Gasteiger charge is -2.13. The van der Waals surface area contributed by atoms with Crippen molar-refractivity contribution in [2.45, 2.75) is 36.4 Å². The van der Waals surface area contributed by atoms with E-state index in [1.54, 1.807) is 6.26 Å². The fourth-order valence-electron chi connectivity index (χ4n) is 2.11. The summed E-state index contributed by atoms with van der Waals surface area (Å²) >= 11 is 1.14. The molecule has 1 aliphatic rings. The molecular formula is C14H16F3NOS. The maximum atomic E-state index is 12.6. The summed E-state index contributed by atoms with van der Waals surface area (Å²) in [6.45, 7) is 0. The molecule has 0 bridgehead atoms. The van der Waals surface area contributed by atoms with Gasteiger partial charge in [0.25, 0.3) is 0 Å². The van der Waals surface area contributed by atoms with E-state index in [0.717, 1.165) is 36.7 Å². The summed E-state index contributed by atoms with van der Waals surface area (Å²) in [6, 6.07) is 3.06. The summed E-state index contributed by atoms with van der Waals surface area (Å²) in [4.78, 5) is 12.5. The maximum absolute atomic E-state index is 12.6. The Kier molecular flexibility index (Phi) is 4.44. The number of alkyl halides is 3. The van der Waals surface area contributed by atoms with Crippen LogP contribution in [0, 0.1) is 5.92 Å². The van der Waals surface area contributed by atoms with E-state index in [-0.39, 0.29) is 18.2 Å². The van der Waals surface area contributed by atoms with Crippen LogP contribution in [0.15, 0.2) is 23.1 Å². The normalized spacial score (nSPS) is 17.1. The SMILES string of the molecule is CSc1cc(C(F)(F)F)ccc1C(=O)CC(N)C1CC1. The first-order valence-corrected chi connectivity index (χ1v) is 7.59. The van der Waals surface area contributed by atoms with E-state index >= 15 is 0 Å². The van der Waals surface area contributed by atoms with Gasteiger partial charge in [0, 0.05) is 22.9 Å². The zero-order valence-electron chi connectivity index (χ0n) is 11.0. The number of carbonyl (C=O) groups excluding carboxylic acids is 1. The molecule has 0 heterocycles. The van der Waals surface area contributed by atoms with Gasteiger partial charge in [0.1, 0.15) is 0 Å². The molecule has 0 radical (unpaired) electrons. The van der Waals surface area contributed by atoms with Crippen LogP contribution in [0.1, 0.15) is 35.2 Å². The van der Waals surface area contributed by atoms with E-state index in [4.69, 9.17) is 5.73 Å². The van der Waals surface area contributed by atoms with Crippen molar-refractivity contribution in [3.05, 3.63) is 29.3 Å². The van der Waals surface area contributed by atoms with Crippen LogP contribution in [0.25, 0.3) is 0 Å². The van der Waals surface area contributed by atoms with Crippen LogP contribution < -0.4 is 5.73 Å². The molecule has 0 saturated heterocycles. The fraction of sp³-hybridized carbons (Fsp3) is 0.500. The van der Waals surface area contributed by atoms with Crippen LogP contribution in [0.2, 0.25) is 0 Å². The summed E-state index contributed by atoms with van der Waals surface area (Å²) in [7, 11) is 0. The van der Waals surface area contributed by atoms with Crippen molar-refractivity contribution in [2.75, 3.05) is 6.26 Å². The number of benzene rings is 1. The molecule has 1 aromatic carbocycles. The molecule has 2 nitrogen and oxygen atoms in total. The smallest absolute Gasteiger partial charge is 0.327 e. The second-order valence-electron chi connectivity index (χ2n) is 5.04. The van der Waals surface area contributed by atoms with Gasteiger partial charge in [-0.1, -0.05) is 0 Å². The summed E-state index contributed by atoms with van der Waals surface area (Å²) in [5, 5.41) is 0. The molecular weight excluding hydrogens is 287 g/mol. The van der Waals surface area contributed by atoms with E-state index in [0.29, 0.717) is 16.4 Å². The van der Waals surface area contributed by atoms with Crippen LogP contribution in [-0.4, -0.2) is 18.1 Å². The van der Waals surface area contributed by atoms with Gasteiger partial charge in [-0.3, -0.25) is 4.79 Å². The molecule has 1 saturated carbocycles. The average molecular weight is 303 g/mol. The van der Waals surface area contributed by atoms with Crippen molar-refractivity contribution in [2.24, 2.45) is 11.7 Å². The van der Waals surface area contributed by atoms with Gasteiger partial charge in [-0.15, -0.1) is 11.8 Å². The lowest BCUT2D eigenvalue weighted by molar-refractivity contribution is -0.137. The number of hydrogen-bond acceptors (Lipinski definition) is 3.